The van der Waals surface area contributed by atoms with E-state index in [1.807, 2.05) is 0 Å². The number of methoxy groups -OCH3 is 1. The van der Waals surface area contributed by atoms with E-state index >= 15 is 0 Å². The summed E-state index contributed by atoms with van der Waals surface area (Å²) in [4.78, 5) is 0. The average Bonchev–Trinajstić information content (AvgIpc) is 2.39. The molecule has 0 bridgehead atoms. The van der Waals surface area contributed by atoms with Gasteiger partial charge in [0.25, 0.3) is 0 Å². The Morgan fingerprint density at radius 2 is 2.50 bits per heavy atom. The van der Waals surface area contributed by atoms with Gasteiger partial charge >= 0.3 is 0 Å². The summed E-state index contributed by atoms with van der Waals surface area (Å²) in [7, 11) is 1.73. The van der Waals surface area contributed by atoms with Crippen molar-refractivity contribution in [3.63, 3.8) is 0 Å². The van der Waals surface area contributed by atoms with Crippen molar-refractivity contribution in [1.82, 2.24) is 5.32 Å². The van der Waals surface area contributed by atoms with Gasteiger partial charge in [-0.25, -0.2) is 0 Å². The molecule has 60 valence electrons. The van der Waals surface area contributed by atoms with Crippen LogP contribution in [0.2, 0.25) is 0 Å². The average molecular weight is 144 g/mol. The van der Waals surface area contributed by atoms with Gasteiger partial charge in [0.1, 0.15) is 0 Å². The fraction of sp³-hybridized carbons (Fsp3) is 1.00. The normalized spacial score (nSPS) is 33.0. The Morgan fingerprint density at radius 3 is 2.90 bits per heavy atom. The van der Waals surface area contributed by atoms with Crippen LogP contribution >= 0.6 is 0 Å². The first-order valence-electron chi connectivity index (χ1n) is 3.73. The van der Waals surface area contributed by atoms with Crippen LogP contribution in [-0.2, 0) is 4.74 Å². The quantitative estimate of drug-likeness (QED) is 0.565. The fourth-order valence-electron chi connectivity index (χ4n) is 1.46. The second kappa shape index (κ2) is 3.32. The first-order chi connectivity index (χ1) is 4.83. The predicted octanol–water partition coefficient (Wildman–Crippen LogP) is -0.429. The van der Waals surface area contributed by atoms with Crippen molar-refractivity contribution < 1.29 is 4.74 Å². The van der Waals surface area contributed by atoms with Crippen LogP contribution in [-0.4, -0.2) is 33.4 Å². The Kier molecular flexibility index (Phi) is 2.65. The molecule has 1 rings (SSSR count). The SMILES string of the molecule is COCC1(CN)CCNC1. The van der Waals surface area contributed by atoms with E-state index in [9.17, 15) is 0 Å². The summed E-state index contributed by atoms with van der Waals surface area (Å²) < 4.78 is 5.10. The molecule has 0 spiro atoms. The van der Waals surface area contributed by atoms with Crippen molar-refractivity contribution in [3.05, 3.63) is 0 Å². The standard InChI is InChI=1S/C7H16N2O/c1-10-6-7(4-8)2-3-9-5-7/h9H,2-6,8H2,1H3. The highest BCUT2D eigenvalue weighted by Gasteiger charge is 2.31. The lowest BCUT2D eigenvalue weighted by Crippen LogP contribution is -2.36. The number of hydrogen-bond donors (Lipinski definition) is 2. The van der Waals surface area contributed by atoms with Crippen LogP contribution in [0.15, 0.2) is 0 Å². The maximum absolute atomic E-state index is 5.63. The summed E-state index contributed by atoms with van der Waals surface area (Å²) in [5, 5.41) is 3.29. The van der Waals surface area contributed by atoms with E-state index < -0.39 is 0 Å². The third-order valence-corrected chi connectivity index (χ3v) is 2.22. The lowest BCUT2D eigenvalue weighted by atomic mass is 9.88. The summed E-state index contributed by atoms with van der Waals surface area (Å²) >= 11 is 0. The summed E-state index contributed by atoms with van der Waals surface area (Å²) in [6.07, 6.45) is 1.15. The van der Waals surface area contributed by atoms with Gasteiger partial charge in [-0.15, -0.1) is 0 Å². The van der Waals surface area contributed by atoms with Gasteiger partial charge in [-0.05, 0) is 13.0 Å². The number of rotatable bonds is 3. The van der Waals surface area contributed by atoms with Crippen molar-refractivity contribution in [1.29, 1.82) is 0 Å². The fourth-order valence-corrected chi connectivity index (χ4v) is 1.46. The Hall–Kier alpha value is -0.120. The van der Waals surface area contributed by atoms with E-state index in [2.05, 4.69) is 5.32 Å². The molecule has 0 aromatic heterocycles. The summed E-state index contributed by atoms with van der Waals surface area (Å²) in [5.41, 5.74) is 5.87. The van der Waals surface area contributed by atoms with E-state index in [0.29, 0.717) is 0 Å². The highest BCUT2D eigenvalue weighted by molar-refractivity contribution is 4.88. The zero-order valence-corrected chi connectivity index (χ0v) is 6.52. The predicted molar refractivity (Wildman–Crippen MR) is 40.9 cm³/mol. The summed E-state index contributed by atoms with van der Waals surface area (Å²) in [6.45, 7) is 3.61. The van der Waals surface area contributed by atoms with Crippen LogP contribution < -0.4 is 11.1 Å². The van der Waals surface area contributed by atoms with Gasteiger partial charge in [-0.3, -0.25) is 0 Å². The summed E-state index contributed by atoms with van der Waals surface area (Å²) in [6, 6.07) is 0. The molecule has 0 aliphatic carbocycles. The van der Waals surface area contributed by atoms with Crippen molar-refractivity contribution >= 4 is 0 Å². The molecule has 0 saturated carbocycles. The minimum Gasteiger partial charge on any atom is -0.384 e. The van der Waals surface area contributed by atoms with Gasteiger partial charge in [0.2, 0.25) is 0 Å². The van der Waals surface area contributed by atoms with Gasteiger partial charge in [-0.2, -0.15) is 0 Å². The lowest BCUT2D eigenvalue weighted by molar-refractivity contribution is 0.0982. The Balaban J connectivity index is 2.41. The van der Waals surface area contributed by atoms with E-state index in [1.54, 1.807) is 7.11 Å². The second-order valence-corrected chi connectivity index (χ2v) is 3.06. The first-order valence-corrected chi connectivity index (χ1v) is 3.73. The molecule has 3 nitrogen and oxygen atoms in total. The smallest absolute Gasteiger partial charge is 0.0543 e. The van der Waals surface area contributed by atoms with Crippen LogP contribution in [0.1, 0.15) is 6.42 Å². The summed E-state index contributed by atoms with van der Waals surface area (Å²) in [5.74, 6) is 0. The minimum atomic E-state index is 0.231. The van der Waals surface area contributed by atoms with Crippen LogP contribution in [0.5, 0.6) is 0 Å². The van der Waals surface area contributed by atoms with Crippen LogP contribution in [0, 0.1) is 5.41 Å². The van der Waals surface area contributed by atoms with Gasteiger partial charge < -0.3 is 15.8 Å². The van der Waals surface area contributed by atoms with E-state index in [4.69, 9.17) is 10.5 Å². The monoisotopic (exact) mass is 144 g/mol. The molecule has 1 heterocycles. The van der Waals surface area contributed by atoms with Crippen LogP contribution in [0.4, 0.5) is 0 Å². The molecule has 0 radical (unpaired) electrons. The van der Waals surface area contributed by atoms with E-state index in [1.165, 1.54) is 0 Å². The van der Waals surface area contributed by atoms with Crippen molar-refractivity contribution in [3.8, 4) is 0 Å². The third kappa shape index (κ3) is 1.48. The number of hydrogen-bond acceptors (Lipinski definition) is 3. The maximum Gasteiger partial charge on any atom is 0.0543 e. The third-order valence-electron chi connectivity index (χ3n) is 2.22. The van der Waals surface area contributed by atoms with Crippen LogP contribution in [0.3, 0.4) is 0 Å². The van der Waals surface area contributed by atoms with E-state index in [-0.39, 0.29) is 5.41 Å². The molecule has 3 heteroatoms. The number of nitrogens with two attached hydrogens (primary N) is 1. The molecule has 10 heavy (non-hydrogen) atoms. The molecular formula is C7H16N2O. The first kappa shape index (κ1) is 7.98. The van der Waals surface area contributed by atoms with Gasteiger partial charge in [0, 0.05) is 25.6 Å². The largest absolute Gasteiger partial charge is 0.384 e. The highest BCUT2D eigenvalue weighted by atomic mass is 16.5. The zero-order valence-electron chi connectivity index (χ0n) is 6.52. The van der Waals surface area contributed by atoms with Gasteiger partial charge in [0.15, 0.2) is 0 Å². The van der Waals surface area contributed by atoms with Crippen LogP contribution in [0.25, 0.3) is 0 Å². The second-order valence-electron chi connectivity index (χ2n) is 3.06. The molecule has 1 aliphatic heterocycles. The zero-order chi connectivity index (χ0) is 7.45. The molecule has 1 saturated heterocycles. The van der Waals surface area contributed by atoms with Crippen molar-refractivity contribution in [2.75, 3.05) is 33.4 Å². The topological polar surface area (TPSA) is 47.3 Å². The minimum absolute atomic E-state index is 0.231. The lowest BCUT2D eigenvalue weighted by Gasteiger charge is -2.24. The van der Waals surface area contributed by atoms with Crippen molar-refractivity contribution in [2.24, 2.45) is 11.1 Å². The Morgan fingerprint density at radius 1 is 1.70 bits per heavy atom. The molecule has 1 atom stereocenters. The van der Waals surface area contributed by atoms with Crippen molar-refractivity contribution in [2.45, 2.75) is 6.42 Å². The Labute approximate surface area is 61.9 Å². The molecule has 3 N–H and O–H groups in total. The maximum atomic E-state index is 5.63. The molecule has 1 aliphatic rings. The molecule has 0 aromatic rings. The molecule has 1 unspecified atom stereocenters. The molecule has 0 aromatic carbocycles. The molecule has 1 fully saturated rings. The Bertz CT molecular complexity index is 99.8. The highest BCUT2D eigenvalue weighted by Crippen LogP contribution is 2.23. The van der Waals surface area contributed by atoms with E-state index in [0.717, 1.165) is 32.7 Å². The molecule has 0 amide bonds. The number of nitrogens with one attached hydrogen (secondary N) is 1. The van der Waals surface area contributed by atoms with Gasteiger partial charge in [0.05, 0.1) is 6.61 Å². The molecular weight excluding hydrogens is 128 g/mol. The number of ether oxygens (including phenoxy) is 1. The van der Waals surface area contributed by atoms with Gasteiger partial charge in [-0.1, -0.05) is 0 Å².